The van der Waals surface area contributed by atoms with Gasteiger partial charge in [0.2, 0.25) is 0 Å². The molecule has 1 aliphatic rings. The average molecular weight is 309 g/mol. The van der Waals surface area contributed by atoms with Gasteiger partial charge in [-0.2, -0.15) is 11.3 Å². The average Bonchev–Trinajstić information content (AvgIpc) is 3.14. The molecule has 0 saturated heterocycles. The number of nitrogens with one attached hydrogen (secondary N) is 1. The number of nitrogens with zero attached hydrogens (tertiary/aromatic N) is 1. The van der Waals surface area contributed by atoms with Crippen molar-refractivity contribution in [1.29, 1.82) is 0 Å². The number of hydrogen-bond acceptors (Lipinski definition) is 3. The monoisotopic (exact) mass is 308 g/mol. The minimum absolute atomic E-state index is 0.340. The summed E-state index contributed by atoms with van der Waals surface area (Å²) in [4.78, 5) is 2.70. The zero-order valence-electron chi connectivity index (χ0n) is 14.2. The lowest BCUT2D eigenvalue weighted by Gasteiger charge is -2.34. The van der Waals surface area contributed by atoms with E-state index in [9.17, 15) is 0 Å². The molecule has 120 valence electrons. The Balaban J connectivity index is 1.87. The Morgan fingerprint density at radius 1 is 1.38 bits per heavy atom. The van der Waals surface area contributed by atoms with Gasteiger partial charge in [0.25, 0.3) is 0 Å². The van der Waals surface area contributed by atoms with Crippen LogP contribution in [-0.4, -0.2) is 30.1 Å². The number of thiophene rings is 1. The molecule has 1 atom stereocenters. The zero-order chi connectivity index (χ0) is 15.3. The van der Waals surface area contributed by atoms with Gasteiger partial charge in [-0.3, -0.25) is 4.90 Å². The molecule has 2 nitrogen and oxygen atoms in total. The quantitative estimate of drug-likeness (QED) is 0.721. The summed E-state index contributed by atoms with van der Waals surface area (Å²) in [6.45, 7) is 12.8. The highest BCUT2D eigenvalue weighted by molar-refractivity contribution is 7.07. The first-order chi connectivity index (χ1) is 10.0. The van der Waals surface area contributed by atoms with Crippen LogP contribution in [0, 0.1) is 5.41 Å². The smallest absolute Gasteiger partial charge is 0.0244 e. The molecule has 0 aliphatic heterocycles. The van der Waals surface area contributed by atoms with Gasteiger partial charge in [0, 0.05) is 25.2 Å². The van der Waals surface area contributed by atoms with Gasteiger partial charge in [-0.25, -0.2) is 0 Å². The Morgan fingerprint density at radius 2 is 2.14 bits per heavy atom. The van der Waals surface area contributed by atoms with E-state index in [-0.39, 0.29) is 0 Å². The van der Waals surface area contributed by atoms with E-state index in [4.69, 9.17) is 0 Å². The van der Waals surface area contributed by atoms with E-state index in [1.54, 1.807) is 0 Å². The van der Waals surface area contributed by atoms with Gasteiger partial charge in [-0.15, -0.1) is 0 Å². The van der Waals surface area contributed by atoms with Crippen LogP contribution in [0.15, 0.2) is 16.8 Å². The van der Waals surface area contributed by atoms with Crippen LogP contribution in [-0.2, 0) is 6.54 Å². The molecule has 0 radical (unpaired) electrons. The molecule has 1 aromatic heterocycles. The van der Waals surface area contributed by atoms with Gasteiger partial charge in [0.15, 0.2) is 0 Å². The molecular weight excluding hydrogens is 276 g/mol. The molecule has 1 aromatic rings. The van der Waals surface area contributed by atoms with E-state index in [2.05, 4.69) is 54.7 Å². The standard InChI is InChI=1S/C18H32N2S/c1-5-10-19-17(18(2,3)4)8-11-20(16-6-7-16)13-15-9-12-21-14-15/h9,12,14,16-17,19H,5-8,10-11,13H2,1-4H3. The Bertz CT molecular complexity index is 390. The Labute approximate surface area is 134 Å². The summed E-state index contributed by atoms with van der Waals surface area (Å²) in [6.07, 6.45) is 5.26. The van der Waals surface area contributed by atoms with E-state index < -0.39 is 0 Å². The molecule has 1 unspecified atom stereocenters. The Morgan fingerprint density at radius 3 is 2.67 bits per heavy atom. The van der Waals surface area contributed by atoms with Gasteiger partial charge in [-0.1, -0.05) is 27.7 Å². The summed E-state index contributed by atoms with van der Waals surface area (Å²) in [5.41, 5.74) is 1.83. The minimum atomic E-state index is 0.340. The van der Waals surface area contributed by atoms with Crippen molar-refractivity contribution in [3.8, 4) is 0 Å². The van der Waals surface area contributed by atoms with E-state index in [0.29, 0.717) is 11.5 Å². The van der Waals surface area contributed by atoms with Crippen LogP contribution in [0.5, 0.6) is 0 Å². The molecule has 1 heterocycles. The summed E-state index contributed by atoms with van der Waals surface area (Å²) >= 11 is 1.81. The SMILES string of the molecule is CCCNC(CCN(Cc1ccsc1)C1CC1)C(C)(C)C. The number of rotatable bonds is 9. The van der Waals surface area contributed by atoms with Crippen LogP contribution in [0.25, 0.3) is 0 Å². The van der Waals surface area contributed by atoms with Crippen LogP contribution in [0.4, 0.5) is 0 Å². The molecule has 1 saturated carbocycles. The van der Waals surface area contributed by atoms with Gasteiger partial charge < -0.3 is 5.32 Å². The van der Waals surface area contributed by atoms with E-state index in [1.807, 2.05) is 11.3 Å². The fraction of sp³-hybridized carbons (Fsp3) is 0.778. The van der Waals surface area contributed by atoms with Crippen molar-refractivity contribution in [2.75, 3.05) is 13.1 Å². The molecular formula is C18H32N2S. The van der Waals surface area contributed by atoms with E-state index in [1.165, 1.54) is 37.8 Å². The van der Waals surface area contributed by atoms with Crippen LogP contribution >= 0.6 is 11.3 Å². The lowest BCUT2D eigenvalue weighted by Crippen LogP contribution is -2.43. The second kappa shape index (κ2) is 7.75. The second-order valence-electron chi connectivity index (χ2n) is 7.49. The maximum Gasteiger partial charge on any atom is 0.0244 e. The van der Waals surface area contributed by atoms with Crippen molar-refractivity contribution in [3.05, 3.63) is 22.4 Å². The summed E-state index contributed by atoms with van der Waals surface area (Å²) < 4.78 is 0. The molecule has 0 aromatic carbocycles. The molecule has 1 fully saturated rings. The summed E-state index contributed by atoms with van der Waals surface area (Å²) in [5, 5.41) is 8.25. The molecule has 3 heteroatoms. The Kier molecular flexibility index (Phi) is 6.27. The molecule has 0 bridgehead atoms. The van der Waals surface area contributed by atoms with Crippen LogP contribution in [0.2, 0.25) is 0 Å². The molecule has 0 spiro atoms. The summed E-state index contributed by atoms with van der Waals surface area (Å²) in [7, 11) is 0. The predicted molar refractivity (Wildman–Crippen MR) is 93.9 cm³/mol. The lowest BCUT2D eigenvalue weighted by atomic mass is 9.84. The summed E-state index contributed by atoms with van der Waals surface area (Å²) in [6, 6.07) is 3.73. The van der Waals surface area contributed by atoms with Crippen LogP contribution in [0.1, 0.15) is 58.9 Å². The molecule has 0 amide bonds. The third-order valence-corrected chi connectivity index (χ3v) is 5.15. The van der Waals surface area contributed by atoms with Gasteiger partial charge >= 0.3 is 0 Å². The molecule has 1 aliphatic carbocycles. The predicted octanol–water partition coefficient (Wildman–Crippen LogP) is 4.52. The first kappa shape index (κ1) is 17.0. The molecule has 2 rings (SSSR count). The van der Waals surface area contributed by atoms with Gasteiger partial charge in [0.05, 0.1) is 0 Å². The molecule has 21 heavy (non-hydrogen) atoms. The van der Waals surface area contributed by atoms with Crippen molar-refractivity contribution in [2.45, 2.75) is 72.0 Å². The van der Waals surface area contributed by atoms with E-state index in [0.717, 1.165) is 19.1 Å². The van der Waals surface area contributed by atoms with Gasteiger partial charge in [-0.05, 0) is 60.0 Å². The highest BCUT2D eigenvalue weighted by Gasteiger charge is 2.31. The third kappa shape index (κ3) is 5.72. The maximum absolute atomic E-state index is 3.76. The topological polar surface area (TPSA) is 15.3 Å². The van der Waals surface area contributed by atoms with Crippen molar-refractivity contribution >= 4 is 11.3 Å². The summed E-state index contributed by atoms with van der Waals surface area (Å²) in [5.74, 6) is 0. The largest absolute Gasteiger partial charge is 0.313 e. The first-order valence-corrected chi connectivity index (χ1v) is 9.43. The van der Waals surface area contributed by atoms with Gasteiger partial charge in [0.1, 0.15) is 0 Å². The van der Waals surface area contributed by atoms with Crippen molar-refractivity contribution < 1.29 is 0 Å². The first-order valence-electron chi connectivity index (χ1n) is 8.49. The fourth-order valence-corrected chi connectivity index (χ4v) is 3.56. The highest BCUT2D eigenvalue weighted by atomic mass is 32.1. The number of hydrogen-bond donors (Lipinski definition) is 1. The third-order valence-electron chi connectivity index (χ3n) is 4.42. The van der Waals surface area contributed by atoms with E-state index >= 15 is 0 Å². The normalized spacial score (nSPS) is 17.4. The minimum Gasteiger partial charge on any atom is -0.313 e. The van der Waals surface area contributed by atoms with Crippen molar-refractivity contribution in [2.24, 2.45) is 5.41 Å². The lowest BCUT2D eigenvalue weighted by molar-refractivity contribution is 0.194. The Hall–Kier alpha value is -0.380. The van der Waals surface area contributed by atoms with Crippen LogP contribution in [0.3, 0.4) is 0 Å². The van der Waals surface area contributed by atoms with Crippen LogP contribution < -0.4 is 5.32 Å². The maximum atomic E-state index is 3.76. The van der Waals surface area contributed by atoms with Crippen molar-refractivity contribution in [1.82, 2.24) is 10.2 Å². The fourth-order valence-electron chi connectivity index (χ4n) is 2.90. The second-order valence-corrected chi connectivity index (χ2v) is 8.27. The zero-order valence-corrected chi connectivity index (χ0v) is 15.0. The van der Waals surface area contributed by atoms with Crippen molar-refractivity contribution in [3.63, 3.8) is 0 Å². The highest BCUT2D eigenvalue weighted by Crippen LogP contribution is 2.30. The molecule has 1 N–H and O–H groups in total.